The minimum absolute atomic E-state index is 0.317. The lowest BCUT2D eigenvalue weighted by atomic mass is 9.99. The molecule has 0 spiro atoms. The molecule has 0 aliphatic heterocycles. The van der Waals surface area contributed by atoms with E-state index in [4.69, 9.17) is 9.73 Å². The summed E-state index contributed by atoms with van der Waals surface area (Å²) in [5, 5.41) is 13.9. The van der Waals surface area contributed by atoms with Crippen LogP contribution in [-0.4, -0.2) is 20.8 Å². The predicted molar refractivity (Wildman–Crippen MR) is 125 cm³/mol. The van der Waals surface area contributed by atoms with Gasteiger partial charge in [0.05, 0.1) is 5.69 Å². The van der Waals surface area contributed by atoms with Gasteiger partial charge in [0.1, 0.15) is 5.76 Å². The smallest absolute Gasteiger partial charge is 0.243 e. The van der Waals surface area contributed by atoms with E-state index in [1.54, 1.807) is 5.48 Å². The molecular weight excluding hydrogens is 402 g/mol. The second-order valence-corrected chi connectivity index (χ2v) is 8.23. The molecule has 6 heteroatoms. The van der Waals surface area contributed by atoms with Gasteiger partial charge in [0, 0.05) is 41.2 Å². The van der Waals surface area contributed by atoms with Gasteiger partial charge in [0.2, 0.25) is 5.91 Å². The third kappa shape index (κ3) is 4.60. The molecule has 0 bridgehead atoms. The third-order valence-electron chi connectivity index (χ3n) is 5.97. The molecule has 0 fully saturated rings. The Kier molecular flexibility index (Phi) is 6.71. The number of benzene rings is 2. The quantitative estimate of drug-likeness (QED) is 0.192. The Labute approximate surface area is 187 Å². The normalized spacial score (nSPS) is 11.2. The largest absolute Gasteiger partial charge is 0.361 e. The second-order valence-electron chi connectivity index (χ2n) is 8.23. The number of unbranched alkanes of at least 4 members (excludes halogenated alkanes) is 3. The number of hydroxylamine groups is 1. The summed E-state index contributed by atoms with van der Waals surface area (Å²) >= 11 is 0. The zero-order valence-corrected chi connectivity index (χ0v) is 18.6. The van der Waals surface area contributed by atoms with Gasteiger partial charge in [-0.05, 0) is 49.9 Å². The van der Waals surface area contributed by atoms with Crippen molar-refractivity contribution in [2.24, 2.45) is 0 Å². The van der Waals surface area contributed by atoms with E-state index in [0.717, 1.165) is 54.8 Å². The molecule has 4 rings (SSSR count). The van der Waals surface area contributed by atoms with Crippen molar-refractivity contribution in [2.45, 2.75) is 52.5 Å². The van der Waals surface area contributed by atoms with Crippen molar-refractivity contribution >= 4 is 16.8 Å². The first-order chi connectivity index (χ1) is 15.6. The van der Waals surface area contributed by atoms with E-state index in [1.807, 2.05) is 19.9 Å². The van der Waals surface area contributed by atoms with Crippen molar-refractivity contribution in [3.05, 3.63) is 66.2 Å². The average molecular weight is 432 g/mol. The summed E-state index contributed by atoms with van der Waals surface area (Å²) in [4.78, 5) is 11.1. The molecule has 2 heterocycles. The van der Waals surface area contributed by atoms with Crippen molar-refractivity contribution in [1.82, 2.24) is 15.2 Å². The number of carbonyl (C=O) groups is 1. The molecule has 0 atom stereocenters. The van der Waals surface area contributed by atoms with Crippen LogP contribution in [0, 0.1) is 13.8 Å². The molecule has 6 nitrogen and oxygen atoms in total. The maximum atomic E-state index is 11.1. The zero-order valence-electron chi connectivity index (χ0n) is 18.6. The second kappa shape index (κ2) is 9.83. The van der Waals surface area contributed by atoms with Gasteiger partial charge in [0.25, 0.3) is 0 Å². The molecule has 0 saturated carbocycles. The van der Waals surface area contributed by atoms with Gasteiger partial charge in [0.15, 0.2) is 0 Å². The lowest BCUT2D eigenvalue weighted by Gasteiger charge is -2.07. The van der Waals surface area contributed by atoms with Crippen molar-refractivity contribution in [2.75, 3.05) is 0 Å². The summed E-state index contributed by atoms with van der Waals surface area (Å²) in [6.45, 7) is 4.84. The first kappa shape index (κ1) is 21.8. The molecule has 0 saturated heterocycles. The van der Waals surface area contributed by atoms with Crippen molar-refractivity contribution in [3.8, 4) is 22.3 Å². The standard InChI is InChI=1S/C26H29N3O3/c1-18-26(19(2)32-28-18)21-13-14-24-22(16-21)23(20-10-6-5-7-11-20)17-29(24)15-9-4-3-8-12-25(30)27-31/h5-7,10-11,13-14,16-17,31H,3-4,8-9,12,15H2,1-2H3,(H,27,30). The number of hydrogen-bond acceptors (Lipinski definition) is 4. The summed E-state index contributed by atoms with van der Waals surface area (Å²) < 4.78 is 7.72. The van der Waals surface area contributed by atoms with Crippen LogP contribution in [0.1, 0.15) is 43.6 Å². The van der Waals surface area contributed by atoms with Crippen LogP contribution in [0.25, 0.3) is 33.2 Å². The molecule has 4 aromatic rings. The summed E-state index contributed by atoms with van der Waals surface area (Å²) in [5.41, 5.74) is 8.39. The number of hydrogen-bond donors (Lipinski definition) is 2. The van der Waals surface area contributed by atoms with Gasteiger partial charge >= 0.3 is 0 Å². The van der Waals surface area contributed by atoms with Crippen molar-refractivity contribution in [1.29, 1.82) is 0 Å². The predicted octanol–water partition coefficient (Wildman–Crippen LogP) is 6.04. The Hall–Kier alpha value is -3.38. The van der Waals surface area contributed by atoms with Crippen LogP contribution in [0.15, 0.2) is 59.3 Å². The molecular formula is C26H29N3O3. The van der Waals surface area contributed by atoms with Gasteiger partial charge < -0.3 is 9.09 Å². The maximum Gasteiger partial charge on any atom is 0.243 e. The topological polar surface area (TPSA) is 80.3 Å². The number of amides is 1. The summed E-state index contributed by atoms with van der Waals surface area (Å²) in [7, 11) is 0. The van der Waals surface area contributed by atoms with E-state index in [9.17, 15) is 4.79 Å². The first-order valence-electron chi connectivity index (χ1n) is 11.1. The fourth-order valence-electron chi connectivity index (χ4n) is 4.36. The minimum atomic E-state index is -0.317. The van der Waals surface area contributed by atoms with E-state index >= 15 is 0 Å². The van der Waals surface area contributed by atoms with Crippen molar-refractivity contribution < 1.29 is 14.5 Å². The molecule has 0 aliphatic rings. The van der Waals surface area contributed by atoms with Gasteiger partial charge in [-0.25, -0.2) is 5.48 Å². The summed E-state index contributed by atoms with van der Waals surface area (Å²) in [6, 6.07) is 17.0. The number of carbonyl (C=O) groups excluding carboxylic acids is 1. The van der Waals surface area contributed by atoms with Crippen LogP contribution >= 0.6 is 0 Å². The van der Waals surface area contributed by atoms with Crippen LogP contribution in [0.2, 0.25) is 0 Å². The molecule has 166 valence electrons. The van der Waals surface area contributed by atoms with Crippen LogP contribution in [-0.2, 0) is 11.3 Å². The number of fused-ring (bicyclic) bond motifs is 1. The lowest BCUT2D eigenvalue weighted by molar-refractivity contribution is -0.129. The Bertz CT molecular complexity index is 1190. The molecule has 0 unspecified atom stereocenters. The fourth-order valence-corrected chi connectivity index (χ4v) is 4.36. The molecule has 2 aromatic heterocycles. The molecule has 2 aromatic carbocycles. The van der Waals surface area contributed by atoms with E-state index in [1.165, 1.54) is 22.0 Å². The Morgan fingerprint density at radius 2 is 1.81 bits per heavy atom. The fraction of sp³-hybridized carbons (Fsp3) is 0.308. The highest BCUT2D eigenvalue weighted by atomic mass is 16.5. The molecule has 2 N–H and O–H groups in total. The molecule has 32 heavy (non-hydrogen) atoms. The summed E-state index contributed by atoms with van der Waals surface area (Å²) in [5.74, 6) is 0.514. The van der Waals surface area contributed by atoms with Crippen molar-refractivity contribution in [3.63, 3.8) is 0 Å². The number of aromatic nitrogens is 2. The lowest BCUT2D eigenvalue weighted by Crippen LogP contribution is -2.17. The highest BCUT2D eigenvalue weighted by Crippen LogP contribution is 2.36. The highest BCUT2D eigenvalue weighted by Gasteiger charge is 2.15. The Balaban J connectivity index is 1.60. The number of aryl methyl sites for hydroxylation is 3. The first-order valence-corrected chi connectivity index (χ1v) is 11.1. The SMILES string of the molecule is Cc1noc(C)c1-c1ccc2c(c1)c(-c1ccccc1)cn2CCCCCCC(=O)NO. The van der Waals surface area contributed by atoms with Crippen LogP contribution in [0.5, 0.6) is 0 Å². The molecule has 1 amide bonds. The van der Waals surface area contributed by atoms with Crippen LogP contribution in [0.4, 0.5) is 0 Å². The molecule has 0 aliphatic carbocycles. The monoisotopic (exact) mass is 431 g/mol. The molecule has 0 radical (unpaired) electrons. The third-order valence-corrected chi connectivity index (χ3v) is 5.97. The van der Waals surface area contributed by atoms with Gasteiger partial charge in [-0.3, -0.25) is 10.0 Å². The zero-order chi connectivity index (χ0) is 22.5. The van der Waals surface area contributed by atoms with Crippen LogP contribution in [0.3, 0.4) is 0 Å². The number of nitrogens with one attached hydrogen (secondary N) is 1. The summed E-state index contributed by atoms with van der Waals surface area (Å²) in [6.07, 6.45) is 6.44. The Morgan fingerprint density at radius 1 is 1.03 bits per heavy atom. The van der Waals surface area contributed by atoms with E-state index < -0.39 is 0 Å². The van der Waals surface area contributed by atoms with Gasteiger partial charge in [-0.15, -0.1) is 0 Å². The number of nitrogens with zero attached hydrogens (tertiary/aromatic N) is 2. The van der Waals surface area contributed by atoms with Crippen LogP contribution < -0.4 is 5.48 Å². The van der Waals surface area contributed by atoms with E-state index in [0.29, 0.717) is 6.42 Å². The minimum Gasteiger partial charge on any atom is -0.361 e. The number of rotatable bonds is 9. The maximum absolute atomic E-state index is 11.1. The van der Waals surface area contributed by atoms with Gasteiger partial charge in [-0.2, -0.15) is 0 Å². The average Bonchev–Trinajstić information content (AvgIpc) is 3.35. The highest BCUT2D eigenvalue weighted by molar-refractivity contribution is 5.98. The van der Waals surface area contributed by atoms with E-state index in [2.05, 4.69) is 58.4 Å². The van der Waals surface area contributed by atoms with Gasteiger partial charge in [-0.1, -0.05) is 54.4 Å². The Morgan fingerprint density at radius 3 is 2.53 bits per heavy atom. The van der Waals surface area contributed by atoms with E-state index in [-0.39, 0.29) is 5.91 Å².